The van der Waals surface area contributed by atoms with Crippen molar-refractivity contribution in [1.29, 1.82) is 0 Å². The van der Waals surface area contributed by atoms with Gasteiger partial charge in [0.1, 0.15) is 11.2 Å². The number of fused-ring (bicyclic) bond motifs is 15. The highest BCUT2D eigenvalue weighted by Crippen LogP contribution is 2.43. The summed E-state index contributed by atoms with van der Waals surface area (Å²) >= 11 is 1.84. The Labute approximate surface area is 399 Å². The number of allylic oxidation sites excluding steroid dienone is 1. The molecule has 0 saturated carbocycles. The highest BCUT2D eigenvalue weighted by Gasteiger charge is 2.27. The molecule has 1 aliphatic heterocycles. The summed E-state index contributed by atoms with van der Waals surface area (Å²) in [4.78, 5) is 11.6. The van der Waals surface area contributed by atoms with E-state index in [4.69, 9.17) is 14.4 Å². The van der Waals surface area contributed by atoms with Gasteiger partial charge in [-0.05, 0) is 83.2 Å². The molecule has 0 amide bonds. The van der Waals surface area contributed by atoms with Crippen molar-refractivity contribution >= 4 is 136 Å². The second-order valence-electron chi connectivity index (χ2n) is 18.5. The first-order chi connectivity index (χ1) is 34.1. The Morgan fingerprint density at radius 1 is 0.478 bits per heavy atom. The van der Waals surface area contributed by atoms with E-state index in [-0.39, 0.29) is 5.92 Å². The molecular formula is C63H40N4OS. The van der Waals surface area contributed by atoms with Gasteiger partial charge >= 0.3 is 0 Å². The Bertz CT molecular complexity index is 4560. The Hall–Kier alpha value is -8.58. The van der Waals surface area contributed by atoms with Gasteiger partial charge in [0.15, 0.2) is 0 Å². The first-order valence-corrected chi connectivity index (χ1v) is 24.5. The number of thiophene rings is 1. The third-order valence-electron chi connectivity index (χ3n) is 14.5. The third-order valence-corrected chi connectivity index (χ3v) is 15.7. The van der Waals surface area contributed by atoms with Crippen LogP contribution in [0, 0.1) is 5.92 Å². The summed E-state index contributed by atoms with van der Waals surface area (Å²) in [5.41, 5.74) is 11.1. The zero-order valence-electron chi connectivity index (χ0n) is 37.5. The maximum absolute atomic E-state index is 7.15. The predicted octanol–water partition coefficient (Wildman–Crippen LogP) is 17.2. The van der Waals surface area contributed by atoms with Crippen molar-refractivity contribution < 1.29 is 4.42 Å². The van der Waals surface area contributed by atoms with Gasteiger partial charge in [0.05, 0.1) is 39.2 Å². The molecular weight excluding hydrogens is 861 g/mol. The predicted molar refractivity (Wildman–Crippen MR) is 293 cm³/mol. The topological polar surface area (TPSA) is 47.7 Å². The number of furan rings is 1. The van der Waals surface area contributed by atoms with Gasteiger partial charge in [-0.15, -0.1) is 11.3 Å². The lowest BCUT2D eigenvalue weighted by Crippen LogP contribution is -2.20. The van der Waals surface area contributed by atoms with Crippen LogP contribution in [0.25, 0.3) is 119 Å². The normalized spacial score (nSPS) is 17.1. The number of aromatic nitrogens is 2. The monoisotopic (exact) mass is 900 g/mol. The molecule has 14 aromatic rings. The fourth-order valence-corrected chi connectivity index (χ4v) is 12.4. The lowest BCUT2D eigenvalue weighted by Gasteiger charge is -2.21. The average Bonchev–Trinajstić information content (AvgIpc) is 4.15. The van der Waals surface area contributed by atoms with Crippen LogP contribution in [0.3, 0.4) is 0 Å². The quantitative estimate of drug-likeness (QED) is 0.174. The molecule has 0 bridgehead atoms. The van der Waals surface area contributed by atoms with Crippen LogP contribution in [0.15, 0.2) is 221 Å². The molecule has 6 heteroatoms. The van der Waals surface area contributed by atoms with Gasteiger partial charge in [0.25, 0.3) is 0 Å². The summed E-state index contributed by atoms with van der Waals surface area (Å²) in [7, 11) is 0. The van der Waals surface area contributed by atoms with Crippen molar-refractivity contribution in [2.75, 3.05) is 0 Å². The van der Waals surface area contributed by atoms with E-state index < -0.39 is 0 Å². The Kier molecular flexibility index (Phi) is 8.21. The smallest absolute Gasteiger partial charge is 0.235 e. The van der Waals surface area contributed by atoms with E-state index in [0.717, 1.165) is 100 Å². The molecule has 5 heterocycles. The molecule has 324 valence electrons. The minimum atomic E-state index is -0.0183. The first kappa shape index (κ1) is 38.5. The molecule has 0 N–H and O–H groups in total. The van der Waals surface area contributed by atoms with E-state index >= 15 is 0 Å². The number of benzene rings is 10. The van der Waals surface area contributed by atoms with Gasteiger partial charge in [-0.25, -0.2) is 9.98 Å². The summed E-state index contributed by atoms with van der Waals surface area (Å²) in [5.74, 6) is 0.603. The molecule has 0 aliphatic carbocycles. The number of hydrogen-bond acceptors (Lipinski definition) is 4. The van der Waals surface area contributed by atoms with Crippen LogP contribution in [-0.2, 0) is 0 Å². The highest BCUT2D eigenvalue weighted by molar-refractivity contribution is 7.25. The van der Waals surface area contributed by atoms with Crippen molar-refractivity contribution in [3.05, 3.63) is 217 Å². The molecule has 69 heavy (non-hydrogen) atoms. The van der Waals surface area contributed by atoms with E-state index in [2.05, 4.69) is 222 Å². The zero-order chi connectivity index (χ0) is 45.3. The molecule has 0 spiro atoms. The van der Waals surface area contributed by atoms with Crippen LogP contribution >= 0.6 is 11.3 Å². The van der Waals surface area contributed by atoms with Crippen LogP contribution in [-0.4, -0.2) is 20.8 Å². The van der Waals surface area contributed by atoms with E-state index in [0.29, 0.717) is 5.96 Å². The minimum Gasteiger partial charge on any atom is -0.455 e. The maximum Gasteiger partial charge on any atom is 0.235 e. The first-order valence-electron chi connectivity index (χ1n) is 23.7. The largest absolute Gasteiger partial charge is 0.455 e. The maximum atomic E-state index is 7.15. The van der Waals surface area contributed by atoms with Crippen molar-refractivity contribution in [2.24, 2.45) is 15.9 Å². The molecule has 10 aromatic carbocycles. The van der Waals surface area contributed by atoms with E-state index in [9.17, 15) is 0 Å². The second kappa shape index (κ2) is 14.7. The van der Waals surface area contributed by atoms with E-state index in [1.54, 1.807) is 0 Å². The van der Waals surface area contributed by atoms with Gasteiger partial charge in [0.2, 0.25) is 5.96 Å². The summed E-state index contributed by atoms with van der Waals surface area (Å²) in [6.45, 7) is 2.32. The second-order valence-corrected chi connectivity index (χ2v) is 19.6. The standard InChI is InChI=1S/C63H40N4OS/c1-37-26-30-52(41-28-31-59-50(33-41)47-21-9-13-25-58(47)69-59)64-63(67-54-23-11-6-18-44(54)45-19-7-12-24-55(45)67)65-61(37)51-35-42(36-57-60(51)48-29-27-38-14-4-5-17-43(38)62(48)68-57)66-53-22-10-8-20-46(53)49-32-39-15-2-3-16-40(39)34-56(49)66/h2-25,27-37H,26H2,1H3/b52-30+,64-63+,65-61+. The molecule has 1 aliphatic rings. The van der Waals surface area contributed by atoms with Crippen molar-refractivity contribution in [3.8, 4) is 5.69 Å². The molecule has 0 fully saturated rings. The summed E-state index contributed by atoms with van der Waals surface area (Å²) in [6, 6.07) is 72.5. The number of aliphatic imine (C=N–C) groups is 2. The molecule has 1 atom stereocenters. The van der Waals surface area contributed by atoms with Crippen molar-refractivity contribution in [3.63, 3.8) is 0 Å². The SMILES string of the molecule is CC1C/C=C(c2ccc3sc4ccccc4c3c2)/N=C(n2c3ccccc3c3ccccc32)\N=C/1c1cc(-n2c3ccccc3c3cc4ccccc4cc32)cc2oc3c4ccccc4ccc3c12. The van der Waals surface area contributed by atoms with Gasteiger partial charge < -0.3 is 8.98 Å². The molecule has 0 saturated heterocycles. The number of para-hydroxylation sites is 3. The summed E-state index contributed by atoms with van der Waals surface area (Å²) < 4.78 is 14.4. The van der Waals surface area contributed by atoms with Crippen LogP contribution in [0.4, 0.5) is 0 Å². The van der Waals surface area contributed by atoms with Crippen molar-refractivity contribution in [2.45, 2.75) is 13.3 Å². The van der Waals surface area contributed by atoms with Crippen LogP contribution < -0.4 is 0 Å². The minimum absolute atomic E-state index is 0.0183. The molecule has 5 nitrogen and oxygen atoms in total. The summed E-state index contributed by atoms with van der Waals surface area (Å²) in [6.07, 6.45) is 3.06. The van der Waals surface area contributed by atoms with Crippen LogP contribution in [0.5, 0.6) is 0 Å². The fourth-order valence-electron chi connectivity index (χ4n) is 11.3. The van der Waals surface area contributed by atoms with Gasteiger partial charge in [-0.1, -0.05) is 146 Å². The third kappa shape index (κ3) is 5.76. The van der Waals surface area contributed by atoms with Crippen molar-refractivity contribution in [1.82, 2.24) is 9.13 Å². The number of nitrogens with zero attached hydrogens (tertiary/aromatic N) is 4. The molecule has 0 radical (unpaired) electrons. The van der Waals surface area contributed by atoms with E-state index in [1.165, 1.54) is 41.7 Å². The lowest BCUT2D eigenvalue weighted by molar-refractivity contribution is 0.672. The van der Waals surface area contributed by atoms with Crippen LogP contribution in [0.2, 0.25) is 0 Å². The van der Waals surface area contributed by atoms with Crippen LogP contribution in [0.1, 0.15) is 24.5 Å². The Balaban J connectivity index is 1.04. The Morgan fingerprint density at radius 3 is 1.87 bits per heavy atom. The fraction of sp³-hybridized carbons (Fsp3) is 0.0476. The van der Waals surface area contributed by atoms with Gasteiger partial charge in [-0.3, -0.25) is 4.57 Å². The summed E-state index contributed by atoms with van der Waals surface area (Å²) in [5, 5.41) is 14.0. The average molecular weight is 901 g/mol. The number of rotatable bonds is 3. The van der Waals surface area contributed by atoms with E-state index in [1.807, 2.05) is 11.3 Å². The van der Waals surface area contributed by atoms with Gasteiger partial charge in [0, 0.05) is 81.0 Å². The zero-order valence-corrected chi connectivity index (χ0v) is 38.3. The molecule has 15 rings (SSSR count). The van der Waals surface area contributed by atoms with Gasteiger partial charge in [-0.2, -0.15) is 0 Å². The molecule has 1 unspecified atom stereocenters. The molecule has 4 aromatic heterocycles. The lowest BCUT2D eigenvalue weighted by atomic mass is 9.90. The Morgan fingerprint density at radius 2 is 1.10 bits per heavy atom. The highest BCUT2D eigenvalue weighted by atomic mass is 32.1. The number of hydrogen-bond donors (Lipinski definition) is 0.